The number of methoxy groups -OCH3 is 1. The van der Waals surface area contributed by atoms with Gasteiger partial charge in [-0.25, -0.2) is 0 Å². The van der Waals surface area contributed by atoms with Gasteiger partial charge in [0, 0.05) is 5.41 Å². The average molecular weight is 274 g/mol. The van der Waals surface area contributed by atoms with E-state index in [9.17, 15) is 4.79 Å². The number of rotatable bonds is 5. The third-order valence-electron chi connectivity index (χ3n) is 4.44. The van der Waals surface area contributed by atoms with Gasteiger partial charge in [0.2, 0.25) is 0 Å². The Labute approximate surface area is 122 Å². The zero-order chi connectivity index (χ0) is 14.8. The average Bonchev–Trinajstić information content (AvgIpc) is 2.86. The second-order valence-electron chi connectivity index (χ2n) is 6.62. The summed E-state index contributed by atoms with van der Waals surface area (Å²) in [5.41, 5.74) is 1.73. The number of hydrogen-bond acceptors (Lipinski definition) is 2. The molecule has 2 rings (SSSR count). The monoisotopic (exact) mass is 274 g/mol. The molecule has 1 fully saturated rings. The van der Waals surface area contributed by atoms with Crippen molar-refractivity contribution in [1.29, 1.82) is 0 Å². The van der Waals surface area contributed by atoms with Crippen LogP contribution in [0.1, 0.15) is 61.9 Å². The Morgan fingerprint density at radius 1 is 1.30 bits per heavy atom. The fraction of sp³-hybridized carbons (Fsp3) is 0.611. The summed E-state index contributed by atoms with van der Waals surface area (Å²) in [4.78, 5) is 13.2. The first kappa shape index (κ1) is 15.1. The third kappa shape index (κ3) is 2.89. The molecule has 110 valence electrons. The standard InChI is InChI=1S/C18H26O2/c1-13(2)12-18(9-5-6-10-18)17(19)15-11-14(3)7-8-16(15)20-4/h7-8,11,13H,5-6,9-10,12H2,1-4H3. The van der Waals surface area contributed by atoms with E-state index < -0.39 is 0 Å². The van der Waals surface area contributed by atoms with E-state index in [1.165, 1.54) is 12.8 Å². The number of hydrogen-bond donors (Lipinski definition) is 0. The Hall–Kier alpha value is -1.31. The van der Waals surface area contributed by atoms with Gasteiger partial charge in [-0.3, -0.25) is 4.79 Å². The highest BCUT2D eigenvalue weighted by Crippen LogP contribution is 2.46. The predicted molar refractivity (Wildman–Crippen MR) is 82.4 cm³/mol. The number of ether oxygens (including phenoxy) is 1. The lowest BCUT2D eigenvalue weighted by molar-refractivity contribution is 0.0756. The minimum Gasteiger partial charge on any atom is -0.496 e. The van der Waals surface area contributed by atoms with Gasteiger partial charge in [0.05, 0.1) is 12.7 Å². The van der Waals surface area contributed by atoms with Crippen LogP contribution in [0.3, 0.4) is 0 Å². The van der Waals surface area contributed by atoms with Crippen LogP contribution < -0.4 is 4.74 Å². The van der Waals surface area contributed by atoms with Crippen LogP contribution in [-0.2, 0) is 0 Å². The van der Waals surface area contributed by atoms with Crippen LogP contribution in [0, 0.1) is 18.3 Å². The summed E-state index contributed by atoms with van der Waals surface area (Å²) in [5, 5.41) is 0. The van der Waals surface area contributed by atoms with Crippen LogP contribution in [-0.4, -0.2) is 12.9 Å². The molecule has 0 aliphatic heterocycles. The molecule has 1 saturated carbocycles. The van der Waals surface area contributed by atoms with E-state index in [0.29, 0.717) is 11.7 Å². The Morgan fingerprint density at radius 3 is 2.50 bits per heavy atom. The van der Waals surface area contributed by atoms with Gasteiger partial charge in [0.25, 0.3) is 0 Å². The number of aryl methyl sites for hydroxylation is 1. The Morgan fingerprint density at radius 2 is 1.95 bits per heavy atom. The van der Waals surface area contributed by atoms with Gasteiger partial charge >= 0.3 is 0 Å². The summed E-state index contributed by atoms with van der Waals surface area (Å²) in [7, 11) is 1.64. The molecule has 0 unspecified atom stereocenters. The molecule has 1 aromatic carbocycles. The normalized spacial score (nSPS) is 17.4. The first-order chi connectivity index (χ1) is 9.48. The van der Waals surface area contributed by atoms with Crippen molar-refractivity contribution in [3.8, 4) is 5.75 Å². The van der Waals surface area contributed by atoms with E-state index >= 15 is 0 Å². The molecular weight excluding hydrogens is 248 g/mol. The van der Waals surface area contributed by atoms with Crippen LogP contribution in [0.4, 0.5) is 0 Å². The van der Waals surface area contributed by atoms with Crippen molar-refractivity contribution in [2.75, 3.05) is 7.11 Å². The summed E-state index contributed by atoms with van der Waals surface area (Å²) < 4.78 is 5.41. The summed E-state index contributed by atoms with van der Waals surface area (Å²) >= 11 is 0. The summed E-state index contributed by atoms with van der Waals surface area (Å²) in [6, 6.07) is 5.90. The van der Waals surface area contributed by atoms with E-state index in [4.69, 9.17) is 4.74 Å². The summed E-state index contributed by atoms with van der Waals surface area (Å²) in [6.45, 7) is 6.45. The highest BCUT2D eigenvalue weighted by atomic mass is 16.5. The number of benzene rings is 1. The predicted octanol–water partition coefficient (Wildman–Crippen LogP) is 4.79. The second kappa shape index (κ2) is 5.99. The number of ketones is 1. The maximum Gasteiger partial charge on any atom is 0.172 e. The topological polar surface area (TPSA) is 26.3 Å². The fourth-order valence-electron chi connectivity index (χ4n) is 3.64. The quantitative estimate of drug-likeness (QED) is 0.721. The van der Waals surface area contributed by atoms with E-state index in [-0.39, 0.29) is 5.41 Å². The molecule has 1 aliphatic rings. The molecule has 0 N–H and O–H groups in total. The zero-order valence-electron chi connectivity index (χ0n) is 13.2. The van der Waals surface area contributed by atoms with Gasteiger partial charge in [-0.2, -0.15) is 0 Å². The van der Waals surface area contributed by atoms with Gasteiger partial charge in [0.15, 0.2) is 5.78 Å². The van der Waals surface area contributed by atoms with Crippen LogP contribution >= 0.6 is 0 Å². The molecule has 1 aliphatic carbocycles. The van der Waals surface area contributed by atoms with E-state index in [2.05, 4.69) is 13.8 Å². The van der Waals surface area contributed by atoms with Crippen LogP contribution in [0.5, 0.6) is 5.75 Å². The fourth-order valence-corrected chi connectivity index (χ4v) is 3.64. The molecule has 2 heteroatoms. The lowest BCUT2D eigenvalue weighted by atomic mass is 9.73. The minimum atomic E-state index is -0.157. The molecule has 0 aromatic heterocycles. The molecule has 0 heterocycles. The smallest absolute Gasteiger partial charge is 0.172 e. The van der Waals surface area contributed by atoms with Crippen molar-refractivity contribution in [2.24, 2.45) is 11.3 Å². The molecular formula is C18H26O2. The molecule has 0 amide bonds. The largest absolute Gasteiger partial charge is 0.496 e. The SMILES string of the molecule is COc1ccc(C)cc1C(=O)C1(CC(C)C)CCCC1. The van der Waals surface area contributed by atoms with Crippen molar-refractivity contribution in [1.82, 2.24) is 0 Å². The van der Waals surface area contributed by atoms with Crippen LogP contribution in [0.15, 0.2) is 18.2 Å². The number of carbonyl (C=O) groups excluding carboxylic acids is 1. The highest BCUT2D eigenvalue weighted by Gasteiger charge is 2.42. The van der Waals surface area contributed by atoms with Gasteiger partial charge in [-0.1, -0.05) is 38.3 Å². The van der Waals surface area contributed by atoms with Crippen molar-refractivity contribution in [2.45, 2.75) is 52.9 Å². The first-order valence-corrected chi connectivity index (χ1v) is 7.68. The van der Waals surface area contributed by atoms with Gasteiger partial charge in [-0.05, 0) is 44.2 Å². The van der Waals surface area contributed by atoms with E-state index in [1.54, 1.807) is 7.11 Å². The zero-order valence-corrected chi connectivity index (χ0v) is 13.2. The maximum absolute atomic E-state index is 13.2. The molecule has 2 nitrogen and oxygen atoms in total. The third-order valence-corrected chi connectivity index (χ3v) is 4.44. The Bertz CT molecular complexity index is 482. The van der Waals surface area contributed by atoms with Crippen molar-refractivity contribution in [3.05, 3.63) is 29.3 Å². The van der Waals surface area contributed by atoms with Crippen LogP contribution in [0.25, 0.3) is 0 Å². The maximum atomic E-state index is 13.2. The molecule has 1 aromatic rings. The van der Waals surface area contributed by atoms with Crippen LogP contribution in [0.2, 0.25) is 0 Å². The first-order valence-electron chi connectivity index (χ1n) is 7.68. The molecule has 0 bridgehead atoms. The summed E-state index contributed by atoms with van der Waals surface area (Å²) in [6.07, 6.45) is 5.39. The van der Waals surface area contributed by atoms with Crippen molar-refractivity contribution < 1.29 is 9.53 Å². The number of Topliss-reactive ketones (excluding diaryl/α,β-unsaturated/α-hetero) is 1. The van der Waals surface area contributed by atoms with E-state index in [1.807, 2.05) is 25.1 Å². The van der Waals surface area contributed by atoms with Crippen molar-refractivity contribution >= 4 is 5.78 Å². The number of carbonyl (C=O) groups is 1. The molecule has 0 spiro atoms. The van der Waals surface area contributed by atoms with E-state index in [0.717, 1.165) is 36.1 Å². The second-order valence-corrected chi connectivity index (χ2v) is 6.62. The van der Waals surface area contributed by atoms with Crippen molar-refractivity contribution in [3.63, 3.8) is 0 Å². The van der Waals surface area contributed by atoms with Gasteiger partial charge in [-0.15, -0.1) is 0 Å². The van der Waals surface area contributed by atoms with Gasteiger partial charge < -0.3 is 4.74 Å². The lowest BCUT2D eigenvalue weighted by Gasteiger charge is -2.30. The Balaban J connectivity index is 2.39. The van der Waals surface area contributed by atoms with Gasteiger partial charge in [0.1, 0.15) is 5.75 Å². The Kier molecular flexibility index (Phi) is 4.52. The molecule has 0 saturated heterocycles. The molecule has 20 heavy (non-hydrogen) atoms. The highest BCUT2D eigenvalue weighted by molar-refractivity contribution is 6.03. The lowest BCUT2D eigenvalue weighted by Crippen LogP contribution is -2.30. The summed E-state index contributed by atoms with van der Waals surface area (Å²) in [5.74, 6) is 1.56. The minimum absolute atomic E-state index is 0.157. The molecule has 0 radical (unpaired) electrons. The molecule has 0 atom stereocenters.